The standard InChI is InChI=1S/C17H25N/c1-13-7-5-6-8-15(13)18-14(2)16(3)9-11-17(18,4)12-10-16/h5-8,14H,9-12H2,1-4H3. The van der Waals surface area contributed by atoms with E-state index in [2.05, 4.69) is 56.9 Å². The molecule has 1 saturated carbocycles. The molecule has 1 heteroatoms. The fourth-order valence-electron chi connectivity index (χ4n) is 4.13. The number of benzene rings is 1. The van der Waals surface area contributed by atoms with E-state index in [0.717, 1.165) is 0 Å². The normalized spacial score (nSPS) is 39.1. The molecule has 2 bridgehead atoms. The third kappa shape index (κ3) is 1.52. The van der Waals surface area contributed by atoms with Crippen LogP contribution in [0.5, 0.6) is 0 Å². The van der Waals surface area contributed by atoms with Crippen molar-refractivity contribution in [2.45, 2.75) is 65.0 Å². The Hall–Kier alpha value is -0.980. The minimum atomic E-state index is 0.378. The molecule has 3 aliphatic rings. The summed E-state index contributed by atoms with van der Waals surface area (Å²) >= 11 is 0. The molecule has 2 heterocycles. The third-order valence-electron chi connectivity index (χ3n) is 5.82. The zero-order valence-corrected chi connectivity index (χ0v) is 12.2. The minimum Gasteiger partial charge on any atom is -0.363 e. The number of hydrogen-bond acceptors (Lipinski definition) is 1. The molecule has 1 nitrogen and oxygen atoms in total. The first-order valence-corrected chi connectivity index (χ1v) is 7.31. The summed E-state index contributed by atoms with van der Waals surface area (Å²) in [6, 6.07) is 9.54. The van der Waals surface area contributed by atoms with Gasteiger partial charge in [0.05, 0.1) is 0 Å². The molecule has 2 saturated heterocycles. The third-order valence-corrected chi connectivity index (χ3v) is 5.82. The van der Waals surface area contributed by atoms with Crippen molar-refractivity contribution in [1.29, 1.82) is 0 Å². The molecule has 1 aliphatic carbocycles. The van der Waals surface area contributed by atoms with E-state index in [1.54, 1.807) is 0 Å². The van der Waals surface area contributed by atoms with Gasteiger partial charge in [-0.25, -0.2) is 0 Å². The van der Waals surface area contributed by atoms with Crippen molar-refractivity contribution in [2.75, 3.05) is 4.90 Å². The fourth-order valence-corrected chi connectivity index (χ4v) is 4.13. The monoisotopic (exact) mass is 243 g/mol. The summed E-state index contributed by atoms with van der Waals surface area (Å²) in [5.41, 5.74) is 3.77. The lowest BCUT2D eigenvalue weighted by Crippen LogP contribution is -2.65. The maximum Gasteiger partial charge on any atom is 0.0403 e. The average Bonchev–Trinajstić information content (AvgIpc) is 2.35. The van der Waals surface area contributed by atoms with Crippen LogP contribution in [0.15, 0.2) is 24.3 Å². The van der Waals surface area contributed by atoms with Crippen LogP contribution in [-0.2, 0) is 0 Å². The topological polar surface area (TPSA) is 3.24 Å². The predicted octanol–water partition coefficient (Wildman–Crippen LogP) is 4.54. The van der Waals surface area contributed by atoms with Crippen LogP contribution in [-0.4, -0.2) is 11.6 Å². The lowest BCUT2D eigenvalue weighted by Gasteiger charge is -2.63. The Balaban J connectivity index is 2.08. The molecular formula is C17H25N. The molecular weight excluding hydrogens is 218 g/mol. The molecule has 4 rings (SSSR count). The van der Waals surface area contributed by atoms with Gasteiger partial charge < -0.3 is 4.90 Å². The van der Waals surface area contributed by atoms with Gasteiger partial charge in [0, 0.05) is 17.3 Å². The highest BCUT2D eigenvalue weighted by molar-refractivity contribution is 5.57. The van der Waals surface area contributed by atoms with Gasteiger partial charge in [-0.1, -0.05) is 25.1 Å². The SMILES string of the molecule is Cc1ccccc1N1C(C)C2(C)CCC1(C)CC2. The highest BCUT2D eigenvalue weighted by Crippen LogP contribution is 2.55. The Kier molecular flexibility index (Phi) is 2.52. The van der Waals surface area contributed by atoms with Crippen LogP contribution in [0.3, 0.4) is 0 Å². The van der Waals surface area contributed by atoms with Gasteiger partial charge in [0.1, 0.15) is 0 Å². The second kappa shape index (κ2) is 3.76. The summed E-state index contributed by atoms with van der Waals surface area (Å²) in [5, 5.41) is 0. The average molecular weight is 243 g/mol. The molecule has 98 valence electrons. The summed E-state index contributed by atoms with van der Waals surface area (Å²) in [4.78, 5) is 2.73. The van der Waals surface area contributed by atoms with Gasteiger partial charge in [-0.05, 0) is 63.5 Å². The molecule has 0 spiro atoms. The van der Waals surface area contributed by atoms with Crippen molar-refractivity contribution in [3.8, 4) is 0 Å². The number of aryl methyl sites for hydroxylation is 1. The van der Waals surface area contributed by atoms with Crippen LogP contribution in [0.2, 0.25) is 0 Å². The van der Waals surface area contributed by atoms with Crippen molar-refractivity contribution in [2.24, 2.45) is 5.41 Å². The predicted molar refractivity (Wildman–Crippen MR) is 78.1 cm³/mol. The van der Waals surface area contributed by atoms with Crippen molar-refractivity contribution in [1.82, 2.24) is 0 Å². The number of anilines is 1. The molecule has 0 aromatic heterocycles. The van der Waals surface area contributed by atoms with Crippen LogP contribution in [0.25, 0.3) is 0 Å². The molecule has 3 fully saturated rings. The Morgan fingerprint density at radius 3 is 2.28 bits per heavy atom. The van der Waals surface area contributed by atoms with Gasteiger partial charge >= 0.3 is 0 Å². The van der Waals surface area contributed by atoms with Crippen LogP contribution < -0.4 is 4.90 Å². The van der Waals surface area contributed by atoms with Crippen LogP contribution in [0.4, 0.5) is 5.69 Å². The Morgan fingerprint density at radius 2 is 1.67 bits per heavy atom. The highest BCUT2D eigenvalue weighted by atomic mass is 15.3. The maximum absolute atomic E-state index is 2.73. The van der Waals surface area contributed by atoms with E-state index >= 15 is 0 Å². The summed E-state index contributed by atoms with van der Waals surface area (Å²) in [7, 11) is 0. The van der Waals surface area contributed by atoms with Crippen LogP contribution in [0, 0.1) is 12.3 Å². The smallest absolute Gasteiger partial charge is 0.0403 e. The lowest BCUT2D eigenvalue weighted by atomic mass is 9.59. The highest BCUT2D eigenvalue weighted by Gasteiger charge is 2.53. The summed E-state index contributed by atoms with van der Waals surface area (Å²) in [5.74, 6) is 0. The Labute approximate surface area is 111 Å². The van der Waals surface area contributed by atoms with E-state index in [4.69, 9.17) is 0 Å². The first kappa shape index (κ1) is 12.1. The molecule has 2 aliphatic heterocycles. The molecule has 1 unspecified atom stereocenters. The van der Waals surface area contributed by atoms with Crippen molar-refractivity contribution < 1.29 is 0 Å². The molecule has 0 radical (unpaired) electrons. The second-order valence-corrected chi connectivity index (χ2v) is 6.98. The summed E-state index contributed by atoms with van der Waals surface area (Å²) < 4.78 is 0. The van der Waals surface area contributed by atoms with E-state index in [9.17, 15) is 0 Å². The molecule has 1 atom stereocenters. The van der Waals surface area contributed by atoms with Crippen molar-refractivity contribution in [3.05, 3.63) is 29.8 Å². The van der Waals surface area contributed by atoms with Gasteiger partial charge in [0.2, 0.25) is 0 Å². The zero-order valence-electron chi connectivity index (χ0n) is 12.2. The van der Waals surface area contributed by atoms with Crippen molar-refractivity contribution in [3.63, 3.8) is 0 Å². The maximum atomic E-state index is 2.73. The van der Waals surface area contributed by atoms with Gasteiger partial charge in [-0.15, -0.1) is 0 Å². The number of rotatable bonds is 1. The number of fused-ring (bicyclic) bond motifs is 3. The van der Waals surface area contributed by atoms with E-state index in [0.29, 0.717) is 17.0 Å². The Morgan fingerprint density at radius 1 is 1.06 bits per heavy atom. The minimum absolute atomic E-state index is 0.378. The number of para-hydroxylation sites is 1. The zero-order chi connectivity index (χ0) is 13.0. The first-order valence-electron chi connectivity index (χ1n) is 7.31. The van der Waals surface area contributed by atoms with Crippen LogP contribution in [0.1, 0.15) is 52.0 Å². The molecule has 0 amide bonds. The van der Waals surface area contributed by atoms with E-state index < -0.39 is 0 Å². The largest absolute Gasteiger partial charge is 0.363 e. The first-order chi connectivity index (χ1) is 8.46. The summed E-state index contributed by atoms with van der Waals surface area (Å²) in [6.45, 7) is 9.63. The molecule has 18 heavy (non-hydrogen) atoms. The Bertz CT molecular complexity index is 454. The van der Waals surface area contributed by atoms with Gasteiger partial charge in [-0.2, -0.15) is 0 Å². The van der Waals surface area contributed by atoms with Gasteiger partial charge in [-0.3, -0.25) is 0 Å². The summed E-state index contributed by atoms with van der Waals surface area (Å²) in [6.07, 6.45) is 5.49. The van der Waals surface area contributed by atoms with Gasteiger partial charge in [0.15, 0.2) is 0 Å². The molecule has 1 aromatic carbocycles. The fraction of sp³-hybridized carbons (Fsp3) is 0.647. The molecule has 0 N–H and O–H groups in total. The molecule has 1 aromatic rings. The van der Waals surface area contributed by atoms with Crippen LogP contribution >= 0.6 is 0 Å². The van der Waals surface area contributed by atoms with E-state index in [-0.39, 0.29) is 0 Å². The second-order valence-electron chi connectivity index (χ2n) is 6.98. The van der Waals surface area contributed by atoms with Crippen molar-refractivity contribution >= 4 is 5.69 Å². The number of hydrogen-bond donors (Lipinski definition) is 0. The van der Waals surface area contributed by atoms with E-state index in [1.165, 1.54) is 36.9 Å². The number of piperidine rings is 2. The van der Waals surface area contributed by atoms with E-state index in [1.807, 2.05) is 0 Å². The number of nitrogens with zero attached hydrogens (tertiary/aromatic N) is 1. The lowest BCUT2D eigenvalue weighted by molar-refractivity contribution is 0.0509. The quantitative estimate of drug-likeness (QED) is 0.700. The van der Waals surface area contributed by atoms with Gasteiger partial charge in [0.25, 0.3) is 0 Å².